The van der Waals surface area contributed by atoms with Gasteiger partial charge in [0.05, 0.1) is 5.69 Å². The molecule has 0 aliphatic rings. The third kappa shape index (κ3) is 4.42. The van der Waals surface area contributed by atoms with Gasteiger partial charge in [0.25, 0.3) is 5.91 Å². The lowest BCUT2D eigenvalue weighted by Crippen LogP contribution is -2.32. The number of hydrogen-bond donors (Lipinski definition) is 1. The summed E-state index contributed by atoms with van der Waals surface area (Å²) in [7, 11) is 0. The molecule has 0 saturated heterocycles. The van der Waals surface area contributed by atoms with Crippen LogP contribution in [0.4, 0.5) is 0 Å². The van der Waals surface area contributed by atoms with Gasteiger partial charge in [-0.1, -0.05) is 51.1 Å². The Hall–Kier alpha value is -2.16. The number of pyridine rings is 1. The molecule has 2 aromatic rings. The molecule has 3 heteroatoms. The molecule has 0 bridgehead atoms. The Balaban J connectivity index is 2.25. The van der Waals surface area contributed by atoms with Crippen LogP contribution in [0.5, 0.6) is 0 Å². The lowest BCUT2D eigenvalue weighted by Gasteiger charge is -2.18. The monoisotopic (exact) mass is 282 g/mol. The molecule has 21 heavy (non-hydrogen) atoms. The van der Waals surface area contributed by atoms with Gasteiger partial charge in [-0.2, -0.15) is 0 Å². The first kappa shape index (κ1) is 15.2. The molecular weight excluding hydrogens is 260 g/mol. The Labute approximate surface area is 126 Å². The van der Waals surface area contributed by atoms with E-state index in [-0.39, 0.29) is 11.3 Å². The van der Waals surface area contributed by atoms with Gasteiger partial charge in [0.2, 0.25) is 0 Å². The van der Waals surface area contributed by atoms with E-state index in [1.165, 1.54) is 0 Å². The maximum absolute atomic E-state index is 12.3. The molecule has 0 radical (unpaired) electrons. The molecule has 1 N–H and O–H groups in total. The molecule has 0 spiro atoms. The van der Waals surface area contributed by atoms with Crippen molar-refractivity contribution in [3.05, 3.63) is 53.7 Å². The Bertz CT molecular complexity index is 627. The first-order valence-corrected chi connectivity index (χ1v) is 7.17. The highest BCUT2D eigenvalue weighted by molar-refractivity contribution is 5.93. The number of carbonyl (C=O) groups excluding carboxylic acids is 1. The molecule has 2 rings (SSSR count). The van der Waals surface area contributed by atoms with Gasteiger partial charge < -0.3 is 5.32 Å². The molecule has 1 aromatic heterocycles. The predicted octanol–water partition coefficient (Wildman–Crippen LogP) is 3.83. The van der Waals surface area contributed by atoms with E-state index in [2.05, 4.69) is 31.1 Å². The lowest BCUT2D eigenvalue weighted by molar-refractivity contribution is 0.0934. The smallest absolute Gasteiger partial charge is 0.269 e. The number of rotatable bonds is 3. The van der Waals surface area contributed by atoms with Gasteiger partial charge in [0, 0.05) is 12.1 Å². The normalized spacial score (nSPS) is 11.2. The van der Waals surface area contributed by atoms with Crippen molar-refractivity contribution in [2.75, 3.05) is 6.54 Å². The van der Waals surface area contributed by atoms with E-state index < -0.39 is 0 Å². The summed E-state index contributed by atoms with van der Waals surface area (Å²) in [6.45, 7) is 8.88. The van der Waals surface area contributed by atoms with Crippen LogP contribution in [0.3, 0.4) is 0 Å². The second kappa shape index (κ2) is 6.08. The van der Waals surface area contributed by atoms with Crippen molar-refractivity contribution in [3.63, 3.8) is 0 Å². The highest BCUT2D eigenvalue weighted by atomic mass is 16.1. The first-order chi connectivity index (χ1) is 9.85. The number of benzene rings is 1. The number of carbonyl (C=O) groups is 1. The molecule has 1 amide bonds. The van der Waals surface area contributed by atoms with E-state index in [1.807, 2.05) is 49.4 Å². The van der Waals surface area contributed by atoms with E-state index >= 15 is 0 Å². The summed E-state index contributed by atoms with van der Waals surface area (Å²) in [5.74, 6) is -0.120. The molecule has 0 atom stereocenters. The summed E-state index contributed by atoms with van der Waals surface area (Å²) in [6.07, 6.45) is 0. The molecular formula is C18H22N2O. The van der Waals surface area contributed by atoms with Gasteiger partial charge >= 0.3 is 0 Å². The van der Waals surface area contributed by atoms with Crippen molar-refractivity contribution in [2.45, 2.75) is 27.7 Å². The first-order valence-electron chi connectivity index (χ1n) is 7.17. The number of nitrogens with one attached hydrogen (secondary N) is 1. The third-order valence-corrected chi connectivity index (χ3v) is 3.05. The summed E-state index contributed by atoms with van der Waals surface area (Å²) < 4.78 is 0. The number of aryl methyl sites for hydroxylation is 1. The Morgan fingerprint density at radius 3 is 2.43 bits per heavy atom. The van der Waals surface area contributed by atoms with Crippen LogP contribution in [0.1, 0.15) is 36.8 Å². The van der Waals surface area contributed by atoms with Crippen molar-refractivity contribution in [1.82, 2.24) is 10.3 Å². The largest absolute Gasteiger partial charge is 0.350 e. The van der Waals surface area contributed by atoms with Crippen LogP contribution in [0.25, 0.3) is 11.3 Å². The van der Waals surface area contributed by atoms with Gasteiger partial charge in [-0.05, 0) is 30.0 Å². The zero-order valence-electron chi connectivity index (χ0n) is 13.1. The van der Waals surface area contributed by atoms with Crippen LogP contribution in [-0.2, 0) is 0 Å². The fourth-order valence-corrected chi connectivity index (χ4v) is 1.98. The van der Waals surface area contributed by atoms with E-state index in [0.717, 1.165) is 16.8 Å². The summed E-state index contributed by atoms with van der Waals surface area (Å²) in [6, 6.07) is 13.7. The maximum atomic E-state index is 12.3. The predicted molar refractivity (Wildman–Crippen MR) is 86.2 cm³/mol. The third-order valence-electron chi connectivity index (χ3n) is 3.05. The summed E-state index contributed by atoms with van der Waals surface area (Å²) in [5.41, 5.74) is 3.41. The van der Waals surface area contributed by atoms with Crippen molar-refractivity contribution in [2.24, 2.45) is 5.41 Å². The number of amides is 1. The molecule has 1 heterocycles. The average Bonchev–Trinajstić information content (AvgIpc) is 2.44. The SMILES string of the molecule is Cc1cc(C(=O)NCC(C)(C)C)nc(-c2ccccc2)c1. The van der Waals surface area contributed by atoms with Gasteiger partial charge in [-0.15, -0.1) is 0 Å². The lowest BCUT2D eigenvalue weighted by atomic mass is 9.97. The highest BCUT2D eigenvalue weighted by Gasteiger charge is 2.15. The minimum Gasteiger partial charge on any atom is -0.350 e. The van der Waals surface area contributed by atoms with Crippen LogP contribution >= 0.6 is 0 Å². The molecule has 110 valence electrons. The van der Waals surface area contributed by atoms with Crippen LogP contribution in [0.15, 0.2) is 42.5 Å². The zero-order valence-corrected chi connectivity index (χ0v) is 13.1. The van der Waals surface area contributed by atoms with Crippen molar-refractivity contribution in [1.29, 1.82) is 0 Å². The van der Waals surface area contributed by atoms with Crippen LogP contribution in [-0.4, -0.2) is 17.4 Å². The van der Waals surface area contributed by atoms with Gasteiger partial charge in [-0.3, -0.25) is 4.79 Å². The second-order valence-electron chi connectivity index (χ2n) is 6.52. The fourth-order valence-electron chi connectivity index (χ4n) is 1.98. The molecule has 0 aliphatic carbocycles. The van der Waals surface area contributed by atoms with E-state index in [9.17, 15) is 4.79 Å². The fraction of sp³-hybridized carbons (Fsp3) is 0.333. The topological polar surface area (TPSA) is 42.0 Å². The molecule has 0 aliphatic heterocycles. The van der Waals surface area contributed by atoms with E-state index in [4.69, 9.17) is 0 Å². The highest BCUT2D eigenvalue weighted by Crippen LogP contribution is 2.19. The minimum absolute atomic E-state index is 0.0573. The zero-order chi connectivity index (χ0) is 15.5. The number of aromatic nitrogens is 1. The standard InChI is InChI=1S/C18H22N2O/c1-13-10-15(14-8-6-5-7-9-14)20-16(11-13)17(21)19-12-18(2,3)4/h5-11H,12H2,1-4H3,(H,19,21). The number of nitrogens with zero attached hydrogens (tertiary/aromatic N) is 1. The van der Waals surface area contributed by atoms with Crippen LogP contribution in [0, 0.1) is 12.3 Å². The quantitative estimate of drug-likeness (QED) is 0.929. The molecule has 0 saturated carbocycles. The molecule has 0 unspecified atom stereocenters. The van der Waals surface area contributed by atoms with Crippen molar-refractivity contribution >= 4 is 5.91 Å². The van der Waals surface area contributed by atoms with Gasteiger partial charge in [0.1, 0.15) is 5.69 Å². The second-order valence-corrected chi connectivity index (χ2v) is 6.52. The average molecular weight is 282 g/mol. The van der Waals surface area contributed by atoms with Crippen LogP contribution < -0.4 is 5.32 Å². The van der Waals surface area contributed by atoms with E-state index in [1.54, 1.807) is 0 Å². The van der Waals surface area contributed by atoms with E-state index in [0.29, 0.717) is 12.2 Å². The summed E-state index contributed by atoms with van der Waals surface area (Å²) in [5, 5.41) is 2.94. The molecule has 0 fully saturated rings. The van der Waals surface area contributed by atoms with Gasteiger partial charge in [0.15, 0.2) is 0 Å². The Morgan fingerprint density at radius 2 is 1.81 bits per heavy atom. The van der Waals surface area contributed by atoms with Crippen LogP contribution in [0.2, 0.25) is 0 Å². The molecule has 1 aromatic carbocycles. The number of hydrogen-bond acceptors (Lipinski definition) is 2. The minimum atomic E-state index is -0.120. The van der Waals surface area contributed by atoms with Gasteiger partial charge in [-0.25, -0.2) is 4.98 Å². The van der Waals surface area contributed by atoms with Crippen molar-refractivity contribution < 1.29 is 4.79 Å². The maximum Gasteiger partial charge on any atom is 0.269 e. The van der Waals surface area contributed by atoms with Crippen molar-refractivity contribution in [3.8, 4) is 11.3 Å². The Morgan fingerprint density at radius 1 is 1.14 bits per heavy atom. The molecule has 3 nitrogen and oxygen atoms in total. The Kier molecular flexibility index (Phi) is 4.41. The summed E-state index contributed by atoms with van der Waals surface area (Å²) >= 11 is 0. The summed E-state index contributed by atoms with van der Waals surface area (Å²) in [4.78, 5) is 16.7.